The summed E-state index contributed by atoms with van der Waals surface area (Å²) >= 11 is 5.58. The van der Waals surface area contributed by atoms with Gasteiger partial charge in [-0.1, -0.05) is 11.6 Å². The van der Waals surface area contributed by atoms with Crippen LogP contribution in [0.15, 0.2) is 12.4 Å². The Morgan fingerprint density at radius 1 is 1.62 bits per heavy atom. The summed E-state index contributed by atoms with van der Waals surface area (Å²) in [6.45, 7) is 0.322. The largest absolute Gasteiger partial charge is 0.481 e. The lowest BCUT2D eigenvalue weighted by Gasteiger charge is -2.02. The van der Waals surface area contributed by atoms with E-state index in [-0.39, 0.29) is 6.42 Å². The lowest BCUT2D eigenvalue weighted by atomic mass is 10.4. The van der Waals surface area contributed by atoms with Gasteiger partial charge < -0.3 is 10.4 Å². The highest BCUT2D eigenvalue weighted by atomic mass is 35.5. The molecule has 1 heterocycles. The number of aliphatic carboxylic acids is 1. The number of carbonyl (C=O) groups is 1. The Balaban J connectivity index is 2.41. The van der Waals surface area contributed by atoms with Crippen molar-refractivity contribution >= 4 is 23.4 Å². The molecule has 0 saturated carbocycles. The third-order valence-electron chi connectivity index (χ3n) is 1.28. The number of hydrogen-bond donors (Lipinski definition) is 2. The van der Waals surface area contributed by atoms with Crippen LogP contribution in [-0.4, -0.2) is 27.6 Å². The average Bonchev–Trinajstić information content (AvgIpc) is 2.03. The second-order valence-corrected chi connectivity index (χ2v) is 2.68. The molecule has 0 amide bonds. The Morgan fingerprint density at radius 2 is 2.38 bits per heavy atom. The number of hydrogen-bond acceptors (Lipinski definition) is 4. The number of carboxylic acid groups (broad SMARTS) is 1. The summed E-state index contributed by atoms with van der Waals surface area (Å²) in [5.41, 5.74) is 0. The number of aromatic nitrogens is 2. The Morgan fingerprint density at radius 3 is 3.00 bits per heavy atom. The minimum Gasteiger partial charge on any atom is -0.481 e. The number of nitrogens with one attached hydrogen (secondary N) is 1. The minimum absolute atomic E-state index is 0.0433. The third kappa shape index (κ3) is 3.71. The molecular weight excluding hydrogens is 194 g/mol. The molecule has 70 valence electrons. The van der Waals surface area contributed by atoms with Crippen LogP contribution in [0.5, 0.6) is 0 Å². The molecule has 0 aliphatic heterocycles. The normalized spacial score (nSPS) is 9.62. The Kier molecular flexibility index (Phi) is 3.45. The molecule has 0 saturated heterocycles. The van der Waals surface area contributed by atoms with Gasteiger partial charge in [-0.3, -0.25) is 4.79 Å². The molecule has 1 aromatic heterocycles. The van der Waals surface area contributed by atoms with Crippen LogP contribution in [0.2, 0.25) is 5.15 Å². The molecule has 1 rings (SSSR count). The topological polar surface area (TPSA) is 75.1 Å². The van der Waals surface area contributed by atoms with Crippen LogP contribution < -0.4 is 5.32 Å². The molecule has 0 radical (unpaired) electrons. The summed E-state index contributed by atoms with van der Waals surface area (Å²) in [6, 6.07) is 1.53. The van der Waals surface area contributed by atoms with E-state index >= 15 is 0 Å². The highest BCUT2D eigenvalue weighted by molar-refractivity contribution is 6.29. The first-order valence-electron chi connectivity index (χ1n) is 3.61. The molecule has 0 aromatic carbocycles. The van der Waals surface area contributed by atoms with Gasteiger partial charge in [0.05, 0.1) is 6.42 Å². The summed E-state index contributed by atoms with van der Waals surface area (Å²) in [7, 11) is 0. The zero-order chi connectivity index (χ0) is 9.68. The molecule has 0 bridgehead atoms. The molecule has 6 heteroatoms. The predicted octanol–water partition coefficient (Wildman–Crippen LogP) is 1.02. The lowest BCUT2D eigenvalue weighted by molar-refractivity contribution is -0.136. The van der Waals surface area contributed by atoms with Crippen LogP contribution >= 0.6 is 11.6 Å². The fraction of sp³-hybridized carbons (Fsp3) is 0.286. The molecule has 0 unspecified atom stereocenters. The lowest BCUT2D eigenvalue weighted by Crippen LogP contribution is -2.08. The van der Waals surface area contributed by atoms with Crippen molar-refractivity contribution in [1.82, 2.24) is 9.97 Å². The average molecular weight is 202 g/mol. The molecule has 0 spiro atoms. The Hall–Kier alpha value is -1.36. The monoisotopic (exact) mass is 201 g/mol. The highest BCUT2D eigenvalue weighted by Crippen LogP contribution is 2.07. The molecule has 2 N–H and O–H groups in total. The highest BCUT2D eigenvalue weighted by Gasteiger charge is 1.98. The van der Waals surface area contributed by atoms with Crippen molar-refractivity contribution in [1.29, 1.82) is 0 Å². The second-order valence-electron chi connectivity index (χ2n) is 2.30. The summed E-state index contributed by atoms with van der Waals surface area (Å²) in [5, 5.41) is 11.5. The van der Waals surface area contributed by atoms with Crippen molar-refractivity contribution in [2.24, 2.45) is 0 Å². The van der Waals surface area contributed by atoms with Crippen molar-refractivity contribution < 1.29 is 9.90 Å². The SMILES string of the molecule is O=C(O)CCNc1cc(Cl)ncn1. The Labute approximate surface area is 79.8 Å². The molecule has 0 aliphatic rings. The van der Waals surface area contributed by atoms with Gasteiger partial charge in [0.1, 0.15) is 17.3 Å². The van der Waals surface area contributed by atoms with Crippen molar-refractivity contribution in [3.05, 3.63) is 17.5 Å². The van der Waals surface area contributed by atoms with Gasteiger partial charge in [-0.15, -0.1) is 0 Å². The summed E-state index contributed by atoms with van der Waals surface area (Å²) in [5.74, 6) is -0.325. The molecule has 1 aromatic rings. The van der Waals surface area contributed by atoms with Gasteiger partial charge in [0.2, 0.25) is 0 Å². The van der Waals surface area contributed by atoms with E-state index in [2.05, 4.69) is 15.3 Å². The van der Waals surface area contributed by atoms with Crippen LogP contribution in [0, 0.1) is 0 Å². The molecule has 0 fully saturated rings. The second kappa shape index (κ2) is 4.61. The van der Waals surface area contributed by atoms with Crippen molar-refractivity contribution in [3.8, 4) is 0 Å². The number of halogens is 1. The third-order valence-corrected chi connectivity index (χ3v) is 1.49. The zero-order valence-corrected chi connectivity index (χ0v) is 7.45. The summed E-state index contributed by atoms with van der Waals surface area (Å²) in [6.07, 6.45) is 1.35. The van der Waals surface area contributed by atoms with E-state index < -0.39 is 5.97 Å². The maximum absolute atomic E-state index is 10.2. The fourth-order valence-electron chi connectivity index (χ4n) is 0.728. The van der Waals surface area contributed by atoms with Crippen molar-refractivity contribution in [3.63, 3.8) is 0 Å². The van der Waals surface area contributed by atoms with E-state index in [0.717, 1.165) is 0 Å². The van der Waals surface area contributed by atoms with E-state index in [9.17, 15) is 4.79 Å². The molecule has 13 heavy (non-hydrogen) atoms. The maximum atomic E-state index is 10.2. The van der Waals surface area contributed by atoms with Crippen LogP contribution in [0.4, 0.5) is 5.82 Å². The van der Waals surface area contributed by atoms with Crippen LogP contribution in [0.1, 0.15) is 6.42 Å². The standard InChI is InChI=1S/C7H8ClN3O2/c8-5-3-6(11-4-10-5)9-2-1-7(12)13/h3-4H,1-2H2,(H,12,13)(H,9,10,11). The molecular formula is C7H8ClN3O2. The first-order valence-corrected chi connectivity index (χ1v) is 3.99. The van der Waals surface area contributed by atoms with E-state index in [1.807, 2.05) is 0 Å². The van der Waals surface area contributed by atoms with Gasteiger partial charge in [-0.05, 0) is 0 Å². The van der Waals surface area contributed by atoms with Gasteiger partial charge in [0.15, 0.2) is 0 Å². The van der Waals surface area contributed by atoms with Crippen molar-refractivity contribution in [2.45, 2.75) is 6.42 Å². The van der Waals surface area contributed by atoms with Gasteiger partial charge in [-0.2, -0.15) is 0 Å². The molecule has 0 aliphatic carbocycles. The van der Waals surface area contributed by atoms with Crippen LogP contribution in [0.25, 0.3) is 0 Å². The first-order chi connectivity index (χ1) is 6.18. The maximum Gasteiger partial charge on any atom is 0.305 e. The van der Waals surface area contributed by atoms with E-state index in [0.29, 0.717) is 17.5 Å². The quantitative estimate of drug-likeness (QED) is 0.712. The number of nitrogens with zero attached hydrogens (tertiary/aromatic N) is 2. The first kappa shape index (κ1) is 9.73. The van der Waals surface area contributed by atoms with Crippen LogP contribution in [0.3, 0.4) is 0 Å². The number of rotatable bonds is 4. The van der Waals surface area contributed by atoms with Crippen molar-refractivity contribution in [2.75, 3.05) is 11.9 Å². The summed E-state index contributed by atoms with van der Waals surface area (Å²) < 4.78 is 0. The van der Waals surface area contributed by atoms with E-state index in [1.165, 1.54) is 12.4 Å². The zero-order valence-electron chi connectivity index (χ0n) is 6.70. The minimum atomic E-state index is -0.854. The fourth-order valence-corrected chi connectivity index (χ4v) is 0.875. The van der Waals surface area contributed by atoms with Gasteiger partial charge in [0, 0.05) is 12.6 Å². The van der Waals surface area contributed by atoms with Gasteiger partial charge in [-0.25, -0.2) is 9.97 Å². The smallest absolute Gasteiger partial charge is 0.305 e. The van der Waals surface area contributed by atoms with Crippen LogP contribution in [-0.2, 0) is 4.79 Å². The number of anilines is 1. The molecule has 0 atom stereocenters. The van der Waals surface area contributed by atoms with E-state index in [1.54, 1.807) is 0 Å². The predicted molar refractivity (Wildman–Crippen MR) is 47.8 cm³/mol. The Bertz CT molecular complexity index is 306. The summed E-state index contributed by atoms with van der Waals surface area (Å²) in [4.78, 5) is 17.7. The molecule has 5 nitrogen and oxygen atoms in total. The van der Waals surface area contributed by atoms with E-state index in [4.69, 9.17) is 16.7 Å². The van der Waals surface area contributed by atoms with Gasteiger partial charge >= 0.3 is 5.97 Å². The van der Waals surface area contributed by atoms with Gasteiger partial charge in [0.25, 0.3) is 0 Å². The number of carboxylic acids is 1.